The zero-order valence-electron chi connectivity index (χ0n) is 15.6. The van der Waals surface area contributed by atoms with Crippen molar-refractivity contribution in [2.24, 2.45) is 0 Å². The van der Waals surface area contributed by atoms with Crippen LogP contribution in [0.5, 0.6) is 5.75 Å². The summed E-state index contributed by atoms with van der Waals surface area (Å²) in [4.78, 5) is 27.4. The Balaban J connectivity index is 2.25. The van der Waals surface area contributed by atoms with Gasteiger partial charge < -0.3 is 15.2 Å². The van der Waals surface area contributed by atoms with E-state index in [1.807, 2.05) is 26.0 Å². The van der Waals surface area contributed by atoms with Crippen LogP contribution in [0.15, 0.2) is 36.5 Å². The highest BCUT2D eigenvalue weighted by Crippen LogP contribution is 2.36. The van der Waals surface area contributed by atoms with Crippen molar-refractivity contribution in [2.75, 3.05) is 11.9 Å². The van der Waals surface area contributed by atoms with Gasteiger partial charge in [0.25, 0.3) is 5.69 Å². The fourth-order valence-electron chi connectivity index (χ4n) is 3.03. The van der Waals surface area contributed by atoms with Crippen molar-refractivity contribution in [1.82, 2.24) is 4.98 Å². The normalized spacial score (nSPS) is 10.7. The molecule has 0 bridgehead atoms. The number of esters is 1. The van der Waals surface area contributed by atoms with Gasteiger partial charge in [0, 0.05) is 23.7 Å². The molecule has 1 aromatic heterocycles. The van der Waals surface area contributed by atoms with Crippen molar-refractivity contribution in [3.8, 4) is 5.75 Å². The first kappa shape index (κ1) is 19.1. The molecule has 0 aliphatic rings. The highest BCUT2D eigenvalue weighted by Gasteiger charge is 2.20. The smallest absolute Gasteiger partial charge is 0.341 e. The van der Waals surface area contributed by atoms with E-state index >= 15 is 0 Å². The van der Waals surface area contributed by atoms with Gasteiger partial charge in [-0.05, 0) is 38.5 Å². The van der Waals surface area contributed by atoms with E-state index in [0.29, 0.717) is 16.6 Å². The second-order valence-corrected chi connectivity index (χ2v) is 6.33. The van der Waals surface area contributed by atoms with Crippen LogP contribution in [-0.4, -0.2) is 27.6 Å². The molecule has 2 N–H and O–H groups in total. The summed E-state index contributed by atoms with van der Waals surface area (Å²) in [7, 11) is 0. The first-order valence-corrected chi connectivity index (χ1v) is 8.63. The van der Waals surface area contributed by atoms with Crippen molar-refractivity contribution < 1.29 is 19.6 Å². The molecule has 2 aromatic carbocycles. The van der Waals surface area contributed by atoms with Crippen molar-refractivity contribution in [3.05, 3.63) is 63.3 Å². The van der Waals surface area contributed by atoms with Gasteiger partial charge in [-0.1, -0.05) is 11.6 Å². The van der Waals surface area contributed by atoms with Gasteiger partial charge in [-0.25, -0.2) is 4.79 Å². The number of aryl methyl sites for hydroxylation is 2. The molecule has 144 valence electrons. The standard InChI is InChI=1S/C20H19N3O5/c1-4-28-20(25)15-10-21-18-12(3)7-11(2)8-14(18)19(15)22-16-9-13(23(26)27)5-6-17(16)24/h5-10,24H,4H2,1-3H3,(H,21,22). The molecule has 0 amide bonds. The Bertz CT molecular complexity index is 1090. The third kappa shape index (κ3) is 3.57. The van der Waals surface area contributed by atoms with Gasteiger partial charge in [0.2, 0.25) is 0 Å². The number of non-ortho nitro benzene ring substituents is 1. The zero-order chi connectivity index (χ0) is 20.4. The first-order valence-electron chi connectivity index (χ1n) is 8.63. The minimum atomic E-state index is -0.580. The van der Waals surface area contributed by atoms with Crippen molar-refractivity contribution in [3.63, 3.8) is 0 Å². The van der Waals surface area contributed by atoms with Crippen LogP contribution in [0.2, 0.25) is 0 Å². The van der Waals surface area contributed by atoms with Gasteiger partial charge in [-0.2, -0.15) is 0 Å². The molecule has 8 nitrogen and oxygen atoms in total. The van der Waals surface area contributed by atoms with Gasteiger partial charge in [0.1, 0.15) is 11.3 Å². The first-order chi connectivity index (χ1) is 13.3. The Morgan fingerprint density at radius 3 is 2.71 bits per heavy atom. The minimum Gasteiger partial charge on any atom is -0.506 e. The summed E-state index contributed by atoms with van der Waals surface area (Å²) in [5.41, 5.74) is 2.99. The molecule has 0 aliphatic carbocycles. The number of ether oxygens (including phenoxy) is 1. The van der Waals surface area contributed by atoms with Crippen LogP contribution in [0.25, 0.3) is 10.9 Å². The molecule has 28 heavy (non-hydrogen) atoms. The maximum atomic E-state index is 12.5. The number of nitro benzene ring substituents is 1. The fraction of sp³-hybridized carbons (Fsp3) is 0.200. The second-order valence-electron chi connectivity index (χ2n) is 6.33. The number of rotatable bonds is 5. The predicted octanol–water partition coefficient (Wildman–Crippen LogP) is 4.39. The molecule has 1 heterocycles. The summed E-state index contributed by atoms with van der Waals surface area (Å²) < 4.78 is 5.12. The maximum absolute atomic E-state index is 12.5. The Hall–Kier alpha value is -3.68. The summed E-state index contributed by atoms with van der Waals surface area (Å²) in [5.74, 6) is -0.766. The number of carbonyl (C=O) groups excluding carboxylic acids is 1. The molecule has 0 aliphatic heterocycles. The molecule has 0 spiro atoms. The largest absolute Gasteiger partial charge is 0.506 e. The third-order valence-electron chi connectivity index (χ3n) is 4.25. The topological polar surface area (TPSA) is 115 Å². The second kappa shape index (κ2) is 7.51. The third-order valence-corrected chi connectivity index (χ3v) is 4.25. The Morgan fingerprint density at radius 1 is 1.29 bits per heavy atom. The quantitative estimate of drug-likeness (QED) is 0.291. The predicted molar refractivity (Wildman–Crippen MR) is 105 cm³/mol. The Kier molecular flexibility index (Phi) is 5.12. The highest BCUT2D eigenvalue weighted by molar-refractivity contribution is 6.07. The average molecular weight is 381 g/mol. The molecule has 0 radical (unpaired) electrons. The monoisotopic (exact) mass is 381 g/mol. The summed E-state index contributed by atoms with van der Waals surface area (Å²) in [5, 5.41) is 24.9. The van der Waals surface area contributed by atoms with Gasteiger partial charge in [0.05, 0.1) is 28.4 Å². The van der Waals surface area contributed by atoms with Crippen LogP contribution in [0.3, 0.4) is 0 Å². The number of phenols is 1. The number of nitro groups is 1. The van der Waals surface area contributed by atoms with E-state index in [1.165, 1.54) is 24.4 Å². The molecule has 3 rings (SSSR count). The molecule has 8 heteroatoms. The van der Waals surface area contributed by atoms with Crippen LogP contribution in [0, 0.1) is 24.0 Å². The molecule has 0 unspecified atom stereocenters. The van der Waals surface area contributed by atoms with E-state index in [-0.39, 0.29) is 29.3 Å². The maximum Gasteiger partial charge on any atom is 0.341 e. The van der Waals surface area contributed by atoms with Gasteiger partial charge in [-0.15, -0.1) is 0 Å². The van der Waals surface area contributed by atoms with Crippen LogP contribution >= 0.6 is 0 Å². The van der Waals surface area contributed by atoms with Crippen molar-refractivity contribution in [2.45, 2.75) is 20.8 Å². The number of pyridine rings is 1. The number of phenolic OH excluding ortho intramolecular Hbond substituents is 1. The summed E-state index contributed by atoms with van der Waals surface area (Å²) in [6.45, 7) is 5.70. The lowest BCUT2D eigenvalue weighted by atomic mass is 10.0. The number of nitrogens with zero attached hydrogens (tertiary/aromatic N) is 2. The van der Waals surface area contributed by atoms with E-state index in [4.69, 9.17) is 4.74 Å². The Morgan fingerprint density at radius 2 is 2.04 bits per heavy atom. The van der Waals surface area contributed by atoms with E-state index in [1.54, 1.807) is 6.92 Å². The number of aromatic nitrogens is 1. The van der Waals surface area contributed by atoms with Gasteiger partial charge >= 0.3 is 5.97 Å². The highest BCUT2D eigenvalue weighted by atomic mass is 16.6. The lowest BCUT2D eigenvalue weighted by Gasteiger charge is -2.16. The van der Waals surface area contributed by atoms with Crippen LogP contribution in [0.1, 0.15) is 28.4 Å². The number of anilines is 2. The SMILES string of the molecule is CCOC(=O)c1cnc2c(C)cc(C)cc2c1Nc1cc([N+](=O)[O-])ccc1O. The molecule has 0 saturated carbocycles. The number of aromatic hydroxyl groups is 1. The summed E-state index contributed by atoms with van der Waals surface area (Å²) in [6, 6.07) is 7.46. The minimum absolute atomic E-state index is 0.103. The van der Waals surface area contributed by atoms with Gasteiger partial charge in [0.15, 0.2) is 0 Å². The number of hydrogen-bond donors (Lipinski definition) is 2. The number of hydrogen-bond acceptors (Lipinski definition) is 7. The van der Waals surface area contributed by atoms with Crippen LogP contribution in [-0.2, 0) is 4.74 Å². The molecular formula is C20H19N3O5. The number of carbonyl (C=O) groups is 1. The van der Waals surface area contributed by atoms with E-state index in [2.05, 4.69) is 10.3 Å². The Labute approximate surface area is 160 Å². The molecule has 0 fully saturated rings. The average Bonchev–Trinajstić information content (AvgIpc) is 2.63. The van der Waals surface area contributed by atoms with E-state index in [9.17, 15) is 20.0 Å². The zero-order valence-corrected chi connectivity index (χ0v) is 15.6. The van der Waals surface area contributed by atoms with E-state index < -0.39 is 10.9 Å². The summed E-state index contributed by atoms with van der Waals surface area (Å²) in [6.07, 6.45) is 1.40. The molecule has 0 atom stereocenters. The number of fused-ring (bicyclic) bond motifs is 1. The van der Waals surface area contributed by atoms with E-state index in [0.717, 1.165) is 11.1 Å². The lowest BCUT2D eigenvalue weighted by Crippen LogP contribution is -2.10. The molecule has 3 aromatic rings. The number of nitrogens with one attached hydrogen (secondary N) is 1. The van der Waals surface area contributed by atoms with Crippen LogP contribution < -0.4 is 5.32 Å². The molecular weight excluding hydrogens is 362 g/mol. The lowest BCUT2D eigenvalue weighted by molar-refractivity contribution is -0.384. The fourth-order valence-corrected chi connectivity index (χ4v) is 3.03. The van der Waals surface area contributed by atoms with Crippen molar-refractivity contribution >= 4 is 33.9 Å². The molecule has 0 saturated heterocycles. The summed E-state index contributed by atoms with van der Waals surface area (Å²) >= 11 is 0. The van der Waals surface area contributed by atoms with Gasteiger partial charge in [-0.3, -0.25) is 15.1 Å². The number of benzene rings is 2. The van der Waals surface area contributed by atoms with Crippen LogP contribution in [0.4, 0.5) is 17.1 Å². The van der Waals surface area contributed by atoms with Crippen molar-refractivity contribution in [1.29, 1.82) is 0 Å².